The number of halogens is 3. The fraction of sp³-hybridized carbons (Fsp3) is 0.417. The van der Waals surface area contributed by atoms with Gasteiger partial charge in [0.1, 0.15) is 5.75 Å². The highest BCUT2D eigenvalue weighted by Crippen LogP contribution is 2.27. The van der Waals surface area contributed by atoms with Gasteiger partial charge in [0.05, 0.1) is 10.5 Å². The second-order valence-corrected chi connectivity index (χ2v) is 4.36. The number of amides is 1. The molecule has 2 rings (SSSR count). The average Bonchev–Trinajstić information content (AvgIpc) is 2.47. The SMILES string of the molecule is Cl.O=C(c1cc([N+](=O)[O-])ccc1OC(F)F)N1CCNCC1. The van der Waals surface area contributed by atoms with Crippen LogP contribution in [0.4, 0.5) is 14.5 Å². The van der Waals surface area contributed by atoms with Crippen LogP contribution in [0, 0.1) is 10.1 Å². The molecule has 1 saturated heterocycles. The summed E-state index contributed by atoms with van der Waals surface area (Å²) >= 11 is 0. The third-order valence-electron chi connectivity index (χ3n) is 3.02. The van der Waals surface area contributed by atoms with E-state index in [1.54, 1.807) is 0 Å². The number of nitro benzene ring substituents is 1. The zero-order valence-corrected chi connectivity index (χ0v) is 12.1. The molecule has 22 heavy (non-hydrogen) atoms. The maximum Gasteiger partial charge on any atom is 0.387 e. The monoisotopic (exact) mass is 337 g/mol. The minimum atomic E-state index is -3.11. The van der Waals surface area contributed by atoms with E-state index < -0.39 is 17.4 Å². The molecule has 0 unspecified atom stereocenters. The summed E-state index contributed by atoms with van der Waals surface area (Å²) in [5.41, 5.74) is -0.582. The standard InChI is InChI=1S/C12H13F2N3O4.ClH/c13-12(14)21-10-2-1-8(17(19)20)7-9(10)11(18)16-5-3-15-4-6-16;/h1-2,7,12,15H,3-6H2;1H. The third-order valence-corrected chi connectivity index (χ3v) is 3.02. The predicted molar refractivity (Wildman–Crippen MR) is 75.7 cm³/mol. The van der Waals surface area contributed by atoms with E-state index >= 15 is 0 Å². The third kappa shape index (κ3) is 4.25. The Morgan fingerprint density at radius 3 is 2.55 bits per heavy atom. The summed E-state index contributed by atoms with van der Waals surface area (Å²) in [4.78, 5) is 23.8. The van der Waals surface area contributed by atoms with Crippen LogP contribution in [0.3, 0.4) is 0 Å². The van der Waals surface area contributed by atoms with Crippen LogP contribution in [-0.2, 0) is 0 Å². The summed E-state index contributed by atoms with van der Waals surface area (Å²) in [7, 11) is 0. The van der Waals surface area contributed by atoms with Crippen LogP contribution in [0.25, 0.3) is 0 Å². The van der Waals surface area contributed by atoms with Crippen molar-refractivity contribution < 1.29 is 23.2 Å². The highest BCUT2D eigenvalue weighted by atomic mass is 35.5. The molecule has 0 aliphatic carbocycles. The molecule has 1 aliphatic rings. The van der Waals surface area contributed by atoms with Gasteiger partial charge in [0.25, 0.3) is 11.6 Å². The molecule has 1 aromatic carbocycles. The van der Waals surface area contributed by atoms with Crippen molar-refractivity contribution in [2.24, 2.45) is 0 Å². The van der Waals surface area contributed by atoms with Crippen LogP contribution in [0.15, 0.2) is 18.2 Å². The summed E-state index contributed by atoms with van der Waals surface area (Å²) in [6.07, 6.45) is 0. The molecule has 10 heteroatoms. The minimum absolute atomic E-state index is 0. The van der Waals surface area contributed by atoms with E-state index in [9.17, 15) is 23.7 Å². The van der Waals surface area contributed by atoms with Gasteiger partial charge in [-0.2, -0.15) is 8.78 Å². The molecular formula is C12H14ClF2N3O4. The number of rotatable bonds is 4. The van der Waals surface area contributed by atoms with E-state index in [1.165, 1.54) is 4.90 Å². The zero-order chi connectivity index (χ0) is 15.4. The van der Waals surface area contributed by atoms with Crippen molar-refractivity contribution in [3.63, 3.8) is 0 Å². The van der Waals surface area contributed by atoms with Gasteiger partial charge >= 0.3 is 6.61 Å². The largest absolute Gasteiger partial charge is 0.434 e. The lowest BCUT2D eigenvalue weighted by Crippen LogP contribution is -2.46. The maximum atomic E-state index is 12.4. The Morgan fingerprint density at radius 2 is 2.00 bits per heavy atom. The number of alkyl halides is 2. The van der Waals surface area contributed by atoms with E-state index in [1.807, 2.05) is 0 Å². The smallest absolute Gasteiger partial charge is 0.387 e. The summed E-state index contributed by atoms with van der Waals surface area (Å²) < 4.78 is 29.0. The number of non-ortho nitro benzene ring substituents is 1. The zero-order valence-electron chi connectivity index (χ0n) is 11.3. The number of ether oxygens (including phenoxy) is 1. The van der Waals surface area contributed by atoms with E-state index in [0.29, 0.717) is 26.2 Å². The summed E-state index contributed by atoms with van der Waals surface area (Å²) in [5.74, 6) is -0.921. The van der Waals surface area contributed by atoms with Crippen molar-refractivity contribution in [3.8, 4) is 5.75 Å². The molecule has 1 fully saturated rings. The Balaban J connectivity index is 0.00000242. The fourth-order valence-electron chi connectivity index (χ4n) is 2.04. The van der Waals surface area contributed by atoms with Crippen molar-refractivity contribution in [1.82, 2.24) is 10.2 Å². The van der Waals surface area contributed by atoms with Gasteiger partial charge in [-0.1, -0.05) is 0 Å². The summed E-state index contributed by atoms with van der Waals surface area (Å²) in [6.45, 7) is -1.16. The first-order valence-corrected chi connectivity index (χ1v) is 6.22. The Labute approximate surface area is 130 Å². The second kappa shape index (κ2) is 7.85. The topological polar surface area (TPSA) is 84.7 Å². The first kappa shape index (κ1) is 18.1. The lowest BCUT2D eigenvalue weighted by atomic mass is 10.1. The van der Waals surface area contributed by atoms with Crippen LogP contribution in [0.2, 0.25) is 0 Å². The quantitative estimate of drug-likeness (QED) is 0.667. The average molecular weight is 338 g/mol. The minimum Gasteiger partial charge on any atom is -0.434 e. The molecular weight excluding hydrogens is 324 g/mol. The maximum absolute atomic E-state index is 12.4. The number of hydrogen-bond donors (Lipinski definition) is 1. The molecule has 7 nitrogen and oxygen atoms in total. The number of hydrogen-bond acceptors (Lipinski definition) is 5. The molecule has 0 bridgehead atoms. The second-order valence-electron chi connectivity index (χ2n) is 4.36. The summed E-state index contributed by atoms with van der Waals surface area (Å²) in [6, 6.07) is 2.99. The van der Waals surface area contributed by atoms with Gasteiger partial charge < -0.3 is 15.0 Å². The number of carbonyl (C=O) groups excluding carboxylic acids is 1. The van der Waals surface area contributed by atoms with Crippen LogP contribution >= 0.6 is 12.4 Å². The van der Waals surface area contributed by atoms with Crippen LogP contribution in [-0.4, -0.2) is 48.5 Å². The molecule has 1 heterocycles. The van der Waals surface area contributed by atoms with E-state index in [4.69, 9.17) is 0 Å². The number of benzene rings is 1. The van der Waals surface area contributed by atoms with Gasteiger partial charge in [-0.05, 0) is 6.07 Å². The fourth-order valence-corrected chi connectivity index (χ4v) is 2.04. The normalized spacial score (nSPS) is 14.4. The number of carbonyl (C=O) groups is 1. The van der Waals surface area contributed by atoms with Crippen molar-refractivity contribution >= 4 is 24.0 Å². The van der Waals surface area contributed by atoms with Crippen molar-refractivity contribution in [1.29, 1.82) is 0 Å². The van der Waals surface area contributed by atoms with Crippen molar-refractivity contribution in [2.45, 2.75) is 6.61 Å². The molecule has 1 N–H and O–H groups in total. The van der Waals surface area contributed by atoms with Crippen LogP contribution in [0.5, 0.6) is 5.75 Å². The van der Waals surface area contributed by atoms with Gasteiger partial charge in [-0.25, -0.2) is 0 Å². The van der Waals surface area contributed by atoms with Crippen LogP contribution in [0.1, 0.15) is 10.4 Å². The van der Waals surface area contributed by atoms with Gasteiger partial charge in [-0.3, -0.25) is 14.9 Å². The van der Waals surface area contributed by atoms with E-state index in [0.717, 1.165) is 18.2 Å². The molecule has 0 radical (unpaired) electrons. The molecule has 0 saturated carbocycles. The highest BCUT2D eigenvalue weighted by Gasteiger charge is 2.25. The molecule has 1 aromatic rings. The predicted octanol–water partition coefficient (Wildman–Crippen LogP) is 1.66. The Bertz CT molecular complexity index is 553. The molecule has 122 valence electrons. The van der Waals surface area contributed by atoms with Gasteiger partial charge in [-0.15, -0.1) is 12.4 Å². The van der Waals surface area contributed by atoms with Gasteiger partial charge in [0, 0.05) is 38.3 Å². The Hall–Kier alpha value is -2.00. The lowest BCUT2D eigenvalue weighted by molar-refractivity contribution is -0.384. The number of piperazine rings is 1. The van der Waals surface area contributed by atoms with Gasteiger partial charge in [0.15, 0.2) is 0 Å². The lowest BCUT2D eigenvalue weighted by Gasteiger charge is -2.27. The molecule has 0 atom stereocenters. The molecule has 0 spiro atoms. The number of nitrogens with zero attached hydrogens (tertiary/aromatic N) is 2. The number of nitrogens with one attached hydrogen (secondary N) is 1. The van der Waals surface area contributed by atoms with E-state index in [2.05, 4.69) is 10.1 Å². The molecule has 1 aliphatic heterocycles. The molecule has 1 amide bonds. The summed E-state index contributed by atoms with van der Waals surface area (Å²) in [5, 5.41) is 13.8. The first-order chi connectivity index (χ1) is 9.99. The van der Waals surface area contributed by atoms with Gasteiger partial charge in [0.2, 0.25) is 0 Å². The van der Waals surface area contributed by atoms with E-state index in [-0.39, 0.29) is 29.4 Å². The van der Waals surface area contributed by atoms with Crippen LogP contribution < -0.4 is 10.1 Å². The number of nitro groups is 1. The Morgan fingerprint density at radius 1 is 1.36 bits per heavy atom. The van der Waals surface area contributed by atoms with Crippen molar-refractivity contribution in [3.05, 3.63) is 33.9 Å². The van der Waals surface area contributed by atoms with Crippen molar-refractivity contribution in [2.75, 3.05) is 26.2 Å². The Kier molecular flexibility index (Phi) is 6.44. The highest BCUT2D eigenvalue weighted by molar-refractivity contribution is 5.97. The first-order valence-electron chi connectivity index (χ1n) is 6.22. The molecule has 0 aromatic heterocycles.